The van der Waals surface area contributed by atoms with Crippen molar-refractivity contribution in [1.82, 2.24) is 10.3 Å². The van der Waals surface area contributed by atoms with Gasteiger partial charge in [-0.05, 0) is 41.8 Å². The van der Waals surface area contributed by atoms with Crippen molar-refractivity contribution < 1.29 is 13.9 Å². The van der Waals surface area contributed by atoms with Crippen molar-refractivity contribution in [1.29, 1.82) is 0 Å². The highest BCUT2D eigenvalue weighted by molar-refractivity contribution is 5.71. The van der Waals surface area contributed by atoms with Crippen LogP contribution in [0.15, 0.2) is 72.8 Å². The number of aromatic nitrogens is 1. The maximum atomic E-state index is 13.3. The highest BCUT2D eigenvalue weighted by Gasteiger charge is 2.37. The molecule has 1 aromatic heterocycles. The second kappa shape index (κ2) is 7.30. The van der Waals surface area contributed by atoms with Gasteiger partial charge in [-0.3, -0.25) is 0 Å². The van der Waals surface area contributed by atoms with Gasteiger partial charge in [0.05, 0.1) is 5.69 Å². The van der Waals surface area contributed by atoms with E-state index in [1.807, 2.05) is 42.5 Å². The van der Waals surface area contributed by atoms with Crippen LogP contribution in [0.1, 0.15) is 34.7 Å². The molecule has 0 radical (unpaired) electrons. The van der Waals surface area contributed by atoms with E-state index in [0.29, 0.717) is 17.0 Å². The van der Waals surface area contributed by atoms with E-state index in [1.165, 1.54) is 12.1 Å². The SMILES string of the molecule is O=C1N[C@H](c2cccc(C#Cc3cccc(F)c3)n2)[C@@H](c2ccccc2)O1. The number of carbonyl (C=O) groups excluding carboxylic acids is 1. The van der Waals surface area contributed by atoms with Crippen LogP contribution in [-0.4, -0.2) is 11.1 Å². The number of pyridine rings is 1. The Hall–Kier alpha value is -3.65. The van der Waals surface area contributed by atoms with Crippen LogP contribution in [0.2, 0.25) is 0 Å². The molecule has 1 amide bonds. The second-order valence-corrected chi connectivity index (χ2v) is 6.07. The van der Waals surface area contributed by atoms with Crippen LogP contribution in [0.5, 0.6) is 0 Å². The minimum absolute atomic E-state index is 0.333. The van der Waals surface area contributed by atoms with Crippen LogP contribution in [0.3, 0.4) is 0 Å². The summed E-state index contributed by atoms with van der Waals surface area (Å²) in [6.07, 6.45) is -0.940. The number of alkyl carbamates (subject to hydrolysis) is 1. The molecule has 2 atom stereocenters. The first-order chi connectivity index (χ1) is 13.2. The molecule has 0 spiro atoms. The van der Waals surface area contributed by atoms with Gasteiger partial charge in [-0.15, -0.1) is 0 Å². The van der Waals surface area contributed by atoms with Gasteiger partial charge < -0.3 is 10.1 Å². The molecule has 0 aliphatic carbocycles. The summed E-state index contributed by atoms with van der Waals surface area (Å²) in [5.74, 6) is 5.50. The molecule has 1 aliphatic rings. The standard InChI is InChI=1S/C22H15FN2O2/c23-17-9-4-6-15(14-17)12-13-18-10-5-11-19(24-18)20-21(27-22(26)25-20)16-7-2-1-3-8-16/h1-11,14,20-21H,(H,25,26)/t20-,21-/m1/s1. The number of hydrogen-bond donors (Lipinski definition) is 1. The Balaban J connectivity index is 1.63. The number of halogens is 1. The molecule has 1 fully saturated rings. The lowest BCUT2D eigenvalue weighted by molar-refractivity contribution is 0.132. The van der Waals surface area contributed by atoms with E-state index in [4.69, 9.17) is 4.74 Å². The van der Waals surface area contributed by atoms with Crippen molar-refractivity contribution in [3.05, 3.63) is 101 Å². The number of hydrogen-bond acceptors (Lipinski definition) is 3. The molecular formula is C22H15FN2O2. The molecule has 3 aromatic rings. The van der Waals surface area contributed by atoms with Crippen LogP contribution in [-0.2, 0) is 4.74 Å². The van der Waals surface area contributed by atoms with Gasteiger partial charge in [0, 0.05) is 5.56 Å². The maximum Gasteiger partial charge on any atom is 0.408 e. The zero-order chi connectivity index (χ0) is 18.6. The molecule has 1 N–H and O–H groups in total. The van der Waals surface area contributed by atoms with Crippen LogP contribution >= 0.6 is 0 Å². The smallest absolute Gasteiger partial charge is 0.408 e. The predicted octanol–water partition coefficient (Wildman–Crippen LogP) is 4.14. The molecular weight excluding hydrogens is 343 g/mol. The van der Waals surface area contributed by atoms with Crippen molar-refractivity contribution in [3.63, 3.8) is 0 Å². The van der Waals surface area contributed by atoms with Crippen LogP contribution in [0.4, 0.5) is 9.18 Å². The van der Waals surface area contributed by atoms with Crippen molar-refractivity contribution in [2.45, 2.75) is 12.1 Å². The van der Waals surface area contributed by atoms with Crippen LogP contribution in [0.25, 0.3) is 0 Å². The largest absolute Gasteiger partial charge is 0.439 e. The zero-order valence-corrected chi connectivity index (χ0v) is 14.2. The molecule has 4 nitrogen and oxygen atoms in total. The Morgan fingerprint density at radius 2 is 1.78 bits per heavy atom. The van der Waals surface area contributed by atoms with E-state index in [2.05, 4.69) is 22.1 Å². The molecule has 1 saturated heterocycles. The quantitative estimate of drug-likeness (QED) is 0.701. The molecule has 1 aliphatic heterocycles. The van der Waals surface area contributed by atoms with E-state index in [-0.39, 0.29) is 5.82 Å². The Labute approximate surface area is 156 Å². The van der Waals surface area contributed by atoms with Crippen molar-refractivity contribution in [3.8, 4) is 11.8 Å². The maximum absolute atomic E-state index is 13.3. The average Bonchev–Trinajstić information content (AvgIpc) is 3.09. The van der Waals surface area contributed by atoms with E-state index in [1.54, 1.807) is 18.2 Å². The fraction of sp³-hybridized carbons (Fsp3) is 0.0909. The topological polar surface area (TPSA) is 51.2 Å². The third-order valence-electron chi connectivity index (χ3n) is 4.19. The van der Waals surface area contributed by atoms with Crippen molar-refractivity contribution in [2.24, 2.45) is 0 Å². The lowest BCUT2D eigenvalue weighted by Crippen LogP contribution is -2.20. The number of rotatable bonds is 2. The number of ether oxygens (including phenoxy) is 1. The number of benzene rings is 2. The van der Waals surface area contributed by atoms with Gasteiger partial charge in [-0.2, -0.15) is 0 Å². The number of cyclic esters (lactones) is 1. The Kier molecular flexibility index (Phi) is 4.54. The molecule has 2 aromatic carbocycles. The molecule has 0 unspecified atom stereocenters. The van der Waals surface area contributed by atoms with Crippen LogP contribution < -0.4 is 5.32 Å². The Morgan fingerprint density at radius 3 is 2.59 bits per heavy atom. The molecule has 27 heavy (non-hydrogen) atoms. The minimum Gasteiger partial charge on any atom is -0.439 e. The summed E-state index contributed by atoms with van der Waals surface area (Å²) < 4.78 is 18.7. The number of carbonyl (C=O) groups is 1. The lowest BCUT2D eigenvalue weighted by Gasteiger charge is -2.16. The molecule has 4 rings (SSSR count). The summed E-state index contributed by atoms with van der Waals surface area (Å²) in [5, 5.41) is 2.81. The summed E-state index contributed by atoms with van der Waals surface area (Å²) >= 11 is 0. The molecule has 0 bridgehead atoms. The Bertz CT molecular complexity index is 1040. The van der Waals surface area contributed by atoms with Gasteiger partial charge in [0.25, 0.3) is 0 Å². The van der Waals surface area contributed by atoms with E-state index >= 15 is 0 Å². The van der Waals surface area contributed by atoms with Gasteiger partial charge in [-0.1, -0.05) is 48.4 Å². The van der Waals surface area contributed by atoms with Gasteiger partial charge in [-0.25, -0.2) is 14.2 Å². The van der Waals surface area contributed by atoms with Gasteiger partial charge in [0.1, 0.15) is 17.6 Å². The predicted molar refractivity (Wildman–Crippen MR) is 98.2 cm³/mol. The fourth-order valence-corrected chi connectivity index (χ4v) is 2.95. The minimum atomic E-state index is -0.480. The molecule has 0 saturated carbocycles. The summed E-state index contributed by atoms with van der Waals surface area (Å²) in [6, 6.07) is 20.6. The number of nitrogens with one attached hydrogen (secondary N) is 1. The third-order valence-corrected chi connectivity index (χ3v) is 4.19. The molecule has 132 valence electrons. The number of amides is 1. The van der Waals surface area contributed by atoms with Crippen molar-refractivity contribution >= 4 is 6.09 Å². The zero-order valence-electron chi connectivity index (χ0n) is 14.2. The van der Waals surface area contributed by atoms with Gasteiger partial charge >= 0.3 is 6.09 Å². The highest BCUT2D eigenvalue weighted by Crippen LogP contribution is 2.35. The normalized spacial score (nSPS) is 18.2. The average molecular weight is 358 g/mol. The van der Waals surface area contributed by atoms with E-state index in [9.17, 15) is 9.18 Å². The molecule has 5 heteroatoms. The van der Waals surface area contributed by atoms with E-state index < -0.39 is 18.2 Å². The summed E-state index contributed by atoms with van der Waals surface area (Å²) in [6.45, 7) is 0. The second-order valence-electron chi connectivity index (χ2n) is 6.07. The summed E-state index contributed by atoms with van der Waals surface area (Å²) in [7, 11) is 0. The van der Waals surface area contributed by atoms with E-state index in [0.717, 1.165) is 5.56 Å². The summed E-state index contributed by atoms with van der Waals surface area (Å²) in [4.78, 5) is 16.4. The third kappa shape index (κ3) is 3.80. The van der Waals surface area contributed by atoms with Crippen molar-refractivity contribution in [2.75, 3.05) is 0 Å². The first kappa shape index (κ1) is 16.8. The first-order valence-corrected chi connectivity index (χ1v) is 8.46. The van der Waals surface area contributed by atoms with Gasteiger partial charge in [0.15, 0.2) is 6.10 Å². The highest BCUT2D eigenvalue weighted by atomic mass is 19.1. The lowest BCUT2D eigenvalue weighted by atomic mass is 10.00. The molecule has 2 heterocycles. The van der Waals surface area contributed by atoms with Gasteiger partial charge in [0.2, 0.25) is 0 Å². The monoisotopic (exact) mass is 358 g/mol. The first-order valence-electron chi connectivity index (χ1n) is 8.46. The summed E-state index contributed by atoms with van der Waals surface area (Å²) in [5.41, 5.74) is 2.64. The fourth-order valence-electron chi connectivity index (χ4n) is 2.95. The van der Waals surface area contributed by atoms with Crippen LogP contribution in [0, 0.1) is 17.7 Å². The number of nitrogens with zero attached hydrogens (tertiary/aromatic N) is 1. The Morgan fingerprint density at radius 1 is 0.963 bits per heavy atom.